The Labute approximate surface area is 487 Å². The zero-order valence-electron chi connectivity index (χ0n) is 49.6. The van der Waals surface area contributed by atoms with E-state index in [1.54, 1.807) is 30.7 Å². The summed E-state index contributed by atoms with van der Waals surface area (Å²) in [4.78, 5) is 44.6. The summed E-state index contributed by atoms with van der Waals surface area (Å²) in [7, 11) is 6.07. The Balaban J connectivity index is 0.831. The molecule has 0 radical (unpaired) electrons. The van der Waals surface area contributed by atoms with Gasteiger partial charge in [-0.15, -0.1) is 0 Å². The van der Waals surface area contributed by atoms with E-state index in [2.05, 4.69) is 72.5 Å². The number of hydrogen-bond donors (Lipinski definition) is 5. The van der Waals surface area contributed by atoms with Crippen LogP contribution in [-0.2, 0) is 16.2 Å². The van der Waals surface area contributed by atoms with Gasteiger partial charge in [0.25, 0.3) is 0 Å². The maximum atomic E-state index is 13.6. The summed E-state index contributed by atoms with van der Waals surface area (Å²) in [6, 6.07) is 25.8. The van der Waals surface area contributed by atoms with E-state index in [0.717, 1.165) is 77.7 Å². The van der Waals surface area contributed by atoms with E-state index in [0.29, 0.717) is 137 Å². The Bertz CT molecular complexity index is 3540. The van der Waals surface area contributed by atoms with Gasteiger partial charge >= 0.3 is 0 Å². The van der Waals surface area contributed by atoms with Crippen molar-refractivity contribution in [2.24, 2.45) is 11.8 Å². The van der Waals surface area contributed by atoms with E-state index >= 15 is 0 Å². The zero-order valence-corrected chi connectivity index (χ0v) is 49.6. The maximum Gasteiger partial charge on any atom is 0.224 e. The molecular formula is C65H78N12O6. The molecule has 0 spiro atoms. The highest BCUT2D eigenvalue weighted by atomic mass is 16.5. The lowest BCUT2D eigenvalue weighted by atomic mass is 9.86. The van der Waals surface area contributed by atoms with Crippen molar-refractivity contribution in [3.05, 3.63) is 124 Å². The van der Waals surface area contributed by atoms with Gasteiger partial charge in [-0.05, 0) is 184 Å². The lowest BCUT2D eigenvalue weighted by Gasteiger charge is -2.37. The first-order valence-electron chi connectivity index (χ1n) is 28.6. The van der Waals surface area contributed by atoms with Crippen LogP contribution in [0.25, 0.3) is 21.8 Å². The SMILES string of the molecule is CCOc1cc2ncc(C#N)c(Nc3cc(C)c(OCC4NCC(CN(C)CCCC(=O)Nc5cc6c(Nc7ccc(OCc8ncccc8C)cc7C)c(C#N)cnc6cc5OCC)CC4C)cc3C)c2cc1NC(=O)CCCN(C)C. The van der Waals surface area contributed by atoms with Gasteiger partial charge in [0.05, 0.1) is 63.8 Å². The lowest BCUT2D eigenvalue weighted by Crippen LogP contribution is -2.49. The topological polar surface area (TPSA) is 224 Å². The first-order valence-corrected chi connectivity index (χ1v) is 28.6. The Morgan fingerprint density at radius 1 is 0.675 bits per heavy atom. The molecular weight excluding hydrogens is 1040 g/mol. The van der Waals surface area contributed by atoms with Crippen LogP contribution in [0.2, 0.25) is 0 Å². The molecule has 1 fully saturated rings. The summed E-state index contributed by atoms with van der Waals surface area (Å²) >= 11 is 0. The zero-order chi connectivity index (χ0) is 59.2. The number of piperidine rings is 1. The number of rotatable bonds is 26. The summed E-state index contributed by atoms with van der Waals surface area (Å²) in [5.41, 5.74) is 10.5. The Morgan fingerprint density at radius 2 is 1.28 bits per heavy atom. The van der Waals surface area contributed by atoms with E-state index in [9.17, 15) is 20.1 Å². The van der Waals surface area contributed by atoms with Crippen molar-refractivity contribution in [2.75, 3.05) is 88.4 Å². The van der Waals surface area contributed by atoms with Gasteiger partial charge in [-0.1, -0.05) is 13.0 Å². The molecule has 3 atom stereocenters. The number of carbonyl (C=O) groups is 2. The average molecular weight is 1120 g/mol. The van der Waals surface area contributed by atoms with Crippen molar-refractivity contribution in [1.82, 2.24) is 30.1 Å². The summed E-state index contributed by atoms with van der Waals surface area (Å²) in [6.07, 6.45) is 7.96. The van der Waals surface area contributed by atoms with Gasteiger partial charge in [0.15, 0.2) is 0 Å². The monoisotopic (exact) mass is 1120 g/mol. The molecule has 1 aliphatic heterocycles. The highest BCUT2D eigenvalue weighted by Crippen LogP contribution is 2.40. The lowest BCUT2D eigenvalue weighted by molar-refractivity contribution is -0.117. The molecule has 4 heterocycles. The summed E-state index contributed by atoms with van der Waals surface area (Å²) < 4.78 is 24.6. The van der Waals surface area contributed by atoms with Crippen LogP contribution in [0.15, 0.2) is 85.3 Å². The number of aromatic nitrogens is 3. The molecule has 3 aromatic heterocycles. The van der Waals surface area contributed by atoms with Gasteiger partial charge in [-0.3, -0.25) is 24.5 Å². The minimum atomic E-state index is -0.132. The smallest absolute Gasteiger partial charge is 0.224 e. The summed E-state index contributed by atoms with van der Waals surface area (Å²) in [5.74, 6) is 3.06. The third-order valence-electron chi connectivity index (χ3n) is 15.1. The fraction of sp³-hybridized carbons (Fsp3) is 0.400. The number of ether oxygens (including phenoxy) is 4. The molecule has 4 aromatic carbocycles. The molecule has 1 saturated heterocycles. The van der Waals surface area contributed by atoms with Gasteiger partial charge < -0.3 is 55.3 Å². The maximum absolute atomic E-state index is 13.6. The third kappa shape index (κ3) is 15.7. The highest BCUT2D eigenvalue weighted by Gasteiger charge is 2.29. The van der Waals surface area contributed by atoms with Crippen LogP contribution >= 0.6 is 0 Å². The Hall–Kier alpha value is -8.55. The molecule has 0 saturated carbocycles. The largest absolute Gasteiger partial charge is 0.492 e. The number of aryl methyl sites for hydroxylation is 4. The van der Waals surface area contributed by atoms with Crippen LogP contribution in [0.3, 0.4) is 0 Å². The molecule has 5 N–H and O–H groups in total. The third-order valence-corrected chi connectivity index (χ3v) is 15.1. The molecule has 0 aliphatic carbocycles. The van der Waals surface area contributed by atoms with Crippen molar-refractivity contribution in [3.63, 3.8) is 0 Å². The number of nitrogens with one attached hydrogen (secondary N) is 5. The van der Waals surface area contributed by atoms with Crippen molar-refractivity contribution in [1.29, 1.82) is 10.5 Å². The number of anilines is 6. The van der Waals surface area contributed by atoms with Crippen molar-refractivity contribution >= 4 is 67.7 Å². The van der Waals surface area contributed by atoms with E-state index in [1.165, 1.54) is 0 Å². The first kappa shape index (κ1) is 60.5. The average Bonchev–Trinajstić information content (AvgIpc) is 3.66. The van der Waals surface area contributed by atoms with Crippen molar-refractivity contribution in [3.8, 4) is 35.1 Å². The van der Waals surface area contributed by atoms with Crippen LogP contribution in [-0.4, -0.2) is 110 Å². The van der Waals surface area contributed by atoms with Crippen LogP contribution < -0.4 is 45.5 Å². The molecule has 434 valence electrons. The number of benzene rings is 4. The van der Waals surface area contributed by atoms with Gasteiger partial charge in [-0.2, -0.15) is 10.5 Å². The van der Waals surface area contributed by atoms with Crippen LogP contribution in [0.5, 0.6) is 23.0 Å². The highest BCUT2D eigenvalue weighted by molar-refractivity contribution is 6.03. The van der Waals surface area contributed by atoms with Gasteiger partial charge in [0, 0.05) is 78.3 Å². The van der Waals surface area contributed by atoms with E-state index in [1.807, 2.05) is 115 Å². The Kier molecular flexibility index (Phi) is 20.7. The molecule has 7 aromatic rings. The molecule has 18 nitrogen and oxygen atoms in total. The molecule has 83 heavy (non-hydrogen) atoms. The number of carbonyl (C=O) groups excluding carboxylic acids is 2. The standard InChI is InChI=1S/C65H78N12O6/c1-11-80-60-30-53-49(64(46(32-66)35-70-53)74-51-20-19-48(25-42(51)5)82-38-57-40(3)16-13-21-68-57)28-55(60)73-63(79)18-15-23-77(10)37-45-24-41(4)58(69-34-45)39-83-59-27-43(6)52(26-44(59)7)75-65-47(33-67)36-71-54-31-61(81-12-2)56(29-50(54)65)72-62(78)17-14-22-76(8)9/h13,16,19-21,25-31,35-36,41,45,58,69H,11-12,14-15,17-18,22-24,34,37-39H2,1-10H3,(H,70,74)(H,71,75)(H,72,78)(H,73,79). The minimum Gasteiger partial charge on any atom is -0.492 e. The second-order valence-corrected chi connectivity index (χ2v) is 21.9. The number of nitrogens with zero attached hydrogens (tertiary/aromatic N) is 7. The first-order chi connectivity index (χ1) is 40.0. The van der Waals surface area contributed by atoms with Crippen molar-refractivity contribution < 1.29 is 28.5 Å². The predicted molar refractivity (Wildman–Crippen MR) is 329 cm³/mol. The quantitative estimate of drug-likeness (QED) is 0.0340. The normalized spacial score (nSPS) is 14.9. The van der Waals surface area contributed by atoms with E-state index < -0.39 is 0 Å². The second kappa shape index (κ2) is 28.4. The Morgan fingerprint density at radius 3 is 1.84 bits per heavy atom. The van der Waals surface area contributed by atoms with E-state index in [-0.39, 0.29) is 17.9 Å². The summed E-state index contributed by atoms with van der Waals surface area (Å²) in [5, 5.41) is 38.7. The van der Waals surface area contributed by atoms with Crippen LogP contribution in [0.1, 0.15) is 91.9 Å². The van der Waals surface area contributed by atoms with Gasteiger partial charge in [-0.25, -0.2) is 0 Å². The molecule has 18 heteroatoms. The molecule has 1 aliphatic rings. The summed E-state index contributed by atoms with van der Waals surface area (Å²) in [6.45, 7) is 19.0. The van der Waals surface area contributed by atoms with E-state index in [4.69, 9.17) is 18.9 Å². The molecule has 2 amide bonds. The number of hydrogen-bond acceptors (Lipinski definition) is 16. The van der Waals surface area contributed by atoms with Gasteiger partial charge in [0.2, 0.25) is 11.8 Å². The molecule has 8 rings (SSSR count). The molecule has 0 bridgehead atoms. The molecule has 3 unspecified atom stereocenters. The fourth-order valence-electron chi connectivity index (χ4n) is 10.5. The number of amides is 2. The predicted octanol–water partition coefficient (Wildman–Crippen LogP) is 11.6. The van der Waals surface area contributed by atoms with Crippen LogP contribution in [0, 0.1) is 62.2 Å². The number of fused-ring (bicyclic) bond motifs is 2. The minimum absolute atomic E-state index is 0.114. The van der Waals surface area contributed by atoms with Crippen LogP contribution in [0.4, 0.5) is 34.1 Å². The number of nitriles is 2. The fourth-order valence-corrected chi connectivity index (χ4v) is 10.5. The van der Waals surface area contributed by atoms with Gasteiger partial charge in [0.1, 0.15) is 48.4 Å². The second-order valence-electron chi connectivity index (χ2n) is 21.9. The number of pyridine rings is 3. The van der Waals surface area contributed by atoms with Crippen molar-refractivity contribution in [2.45, 2.75) is 93.2 Å².